The second-order valence-electron chi connectivity index (χ2n) is 4.50. The lowest BCUT2D eigenvalue weighted by molar-refractivity contribution is -0.144. The first-order valence-electron chi connectivity index (χ1n) is 6.27. The third-order valence-corrected chi connectivity index (χ3v) is 3.09. The summed E-state index contributed by atoms with van der Waals surface area (Å²) in [4.78, 5) is 24.9. The molecule has 2 amide bonds. The Hall–Kier alpha value is -1.52. The molecule has 0 unspecified atom stereocenters. The molecule has 0 aliphatic carbocycles. The molecule has 0 heterocycles. The van der Waals surface area contributed by atoms with Gasteiger partial charge in [0.2, 0.25) is 0 Å². The van der Waals surface area contributed by atoms with Crippen molar-refractivity contribution >= 4 is 12.0 Å². The summed E-state index contributed by atoms with van der Waals surface area (Å²) in [5.74, 6) is -0.993. The van der Waals surface area contributed by atoms with Crippen LogP contribution in [0.3, 0.4) is 0 Å². The normalized spacial score (nSPS) is 10.9. The molecule has 5 nitrogen and oxygen atoms in total. The van der Waals surface area contributed by atoms with Crippen LogP contribution in [0.5, 0.6) is 0 Å². The molecular formula is C13H24N2O3. The van der Waals surface area contributed by atoms with Crippen LogP contribution < -0.4 is 5.32 Å². The number of hydrogen-bond acceptors (Lipinski definition) is 2. The summed E-state index contributed by atoms with van der Waals surface area (Å²) < 4.78 is 0. The minimum Gasteiger partial charge on any atom is -0.480 e. The number of aliphatic carboxylic acids is 1. The number of amides is 2. The summed E-state index contributed by atoms with van der Waals surface area (Å²) in [7, 11) is 0. The van der Waals surface area contributed by atoms with Crippen LogP contribution in [0.1, 0.15) is 40.5 Å². The zero-order valence-corrected chi connectivity index (χ0v) is 11.7. The second kappa shape index (κ2) is 7.03. The minimum absolute atomic E-state index is 0.355. The Morgan fingerprint density at radius 2 is 1.78 bits per heavy atom. The topological polar surface area (TPSA) is 69.6 Å². The number of carboxylic acids is 1. The van der Waals surface area contributed by atoms with Crippen LogP contribution in [-0.4, -0.2) is 40.6 Å². The number of urea groups is 1. The highest BCUT2D eigenvalue weighted by molar-refractivity contribution is 5.86. The van der Waals surface area contributed by atoms with E-state index in [1.807, 2.05) is 13.8 Å². The molecular weight excluding hydrogens is 232 g/mol. The maximum Gasteiger partial charge on any atom is 0.329 e. The van der Waals surface area contributed by atoms with Crippen molar-refractivity contribution in [2.24, 2.45) is 0 Å². The summed E-state index contributed by atoms with van der Waals surface area (Å²) >= 11 is 0. The van der Waals surface area contributed by atoms with Crippen LogP contribution in [0.4, 0.5) is 4.79 Å². The molecule has 0 spiro atoms. The van der Waals surface area contributed by atoms with E-state index in [4.69, 9.17) is 0 Å². The van der Waals surface area contributed by atoms with Crippen LogP contribution in [0.25, 0.3) is 0 Å². The lowest BCUT2D eigenvalue weighted by Gasteiger charge is -2.31. The van der Waals surface area contributed by atoms with Gasteiger partial charge < -0.3 is 15.3 Å². The number of carbonyl (C=O) groups is 2. The predicted octanol–water partition coefficient (Wildman–Crippen LogP) is 2.24. The molecule has 2 N–H and O–H groups in total. The van der Waals surface area contributed by atoms with E-state index >= 15 is 0 Å². The van der Waals surface area contributed by atoms with Gasteiger partial charge in [-0.05, 0) is 26.7 Å². The van der Waals surface area contributed by atoms with E-state index in [9.17, 15) is 14.7 Å². The monoisotopic (exact) mass is 256 g/mol. The van der Waals surface area contributed by atoms with E-state index in [-0.39, 0.29) is 6.03 Å². The number of rotatable bonds is 7. The van der Waals surface area contributed by atoms with Crippen molar-refractivity contribution in [3.63, 3.8) is 0 Å². The number of nitrogens with zero attached hydrogens (tertiary/aromatic N) is 1. The number of nitrogens with one attached hydrogen (secondary N) is 1. The third-order valence-electron chi connectivity index (χ3n) is 3.09. The van der Waals surface area contributed by atoms with Crippen molar-refractivity contribution in [2.45, 2.75) is 46.1 Å². The molecule has 0 saturated carbocycles. The average molecular weight is 256 g/mol. The smallest absolute Gasteiger partial charge is 0.329 e. The van der Waals surface area contributed by atoms with E-state index in [0.29, 0.717) is 25.9 Å². The quantitative estimate of drug-likeness (QED) is 0.686. The van der Waals surface area contributed by atoms with E-state index in [1.165, 1.54) is 0 Å². The molecule has 0 saturated heterocycles. The molecule has 5 heteroatoms. The number of likely N-dealkylation sites (N-methyl/N-ethyl adjacent to an activating group) is 1. The van der Waals surface area contributed by atoms with Gasteiger partial charge in [-0.1, -0.05) is 26.0 Å². The first-order valence-corrected chi connectivity index (χ1v) is 6.27. The number of hydrogen-bond donors (Lipinski definition) is 2. The van der Waals surface area contributed by atoms with Gasteiger partial charge in [0, 0.05) is 13.1 Å². The largest absolute Gasteiger partial charge is 0.480 e. The van der Waals surface area contributed by atoms with Gasteiger partial charge in [0.05, 0.1) is 0 Å². The van der Waals surface area contributed by atoms with Gasteiger partial charge in [-0.25, -0.2) is 9.59 Å². The van der Waals surface area contributed by atoms with E-state index in [2.05, 4.69) is 11.9 Å². The van der Waals surface area contributed by atoms with Crippen molar-refractivity contribution < 1.29 is 14.7 Å². The fraction of sp³-hybridized carbons (Fsp3) is 0.692. The van der Waals surface area contributed by atoms with Crippen LogP contribution in [-0.2, 0) is 4.79 Å². The summed E-state index contributed by atoms with van der Waals surface area (Å²) in [5.41, 5.74) is -0.319. The van der Waals surface area contributed by atoms with Crippen molar-refractivity contribution in [2.75, 3.05) is 13.1 Å². The summed E-state index contributed by atoms with van der Waals surface area (Å²) in [6.45, 7) is 11.9. The Balaban J connectivity index is 4.88. The van der Waals surface area contributed by atoms with Crippen molar-refractivity contribution in [1.29, 1.82) is 0 Å². The van der Waals surface area contributed by atoms with Crippen molar-refractivity contribution in [1.82, 2.24) is 10.2 Å². The highest BCUT2D eigenvalue weighted by Crippen LogP contribution is 2.16. The Morgan fingerprint density at radius 3 is 2.06 bits per heavy atom. The maximum atomic E-state index is 12.1. The van der Waals surface area contributed by atoms with E-state index in [1.54, 1.807) is 18.7 Å². The highest BCUT2D eigenvalue weighted by atomic mass is 16.4. The van der Waals surface area contributed by atoms with Gasteiger partial charge in [0.25, 0.3) is 0 Å². The Bertz CT molecular complexity index is 322. The lowest BCUT2D eigenvalue weighted by Crippen LogP contribution is -2.57. The predicted molar refractivity (Wildman–Crippen MR) is 71.5 cm³/mol. The van der Waals surface area contributed by atoms with Crippen molar-refractivity contribution in [3.05, 3.63) is 12.2 Å². The molecule has 104 valence electrons. The van der Waals surface area contributed by atoms with E-state index < -0.39 is 11.5 Å². The van der Waals surface area contributed by atoms with Gasteiger partial charge in [0.1, 0.15) is 5.54 Å². The third kappa shape index (κ3) is 4.05. The van der Waals surface area contributed by atoms with Crippen LogP contribution in [0.15, 0.2) is 12.2 Å². The molecule has 0 atom stereocenters. The van der Waals surface area contributed by atoms with Gasteiger partial charge in [0.15, 0.2) is 0 Å². The first-order chi connectivity index (χ1) is 8.32. The molecule has 0 aromatic heterocycles. The number of carboxylic acid groups (broad SMARTS) is 1. The molecule has 0 aliphatic rings. The standard InChI is InChI=1S/C13H24N2O3/c1-6-13(7-2,11(16)17)14-12(18)15(8-3)9-10(4)5/h4,6-9H2,1-3,5H3,(H,14,18)(H,16,17). The fourth-order valence-electron chi connectivity index (χ4n) is 1.72. The van der Waals surface area contributed by atoms with Crippen LogP contribution in [0.2, 0.25) is 0 Å². The summed E-state index contributed by atoms with van der Waals surface area (Å²) in [5, 5.41) is 11.9. The Labute approximate surface area is 109 Å². The Morgan fingerprint density at radius 1 is 1.28 bits per heavy atom. The van der Waals surface area contributed by atoms with E-state index in [0.717, 1.165) is 5.57 Å². The van der Waals surface area contributed by atoms with Gasteiger partial charge >= 0.3 is 12.0 Å². The molecule has 0 radical (unpaired) electrons. The molecule has 18 heavy (non-hydrogen) atoms. The first kappa shape index (κ1) is 16.5. The molecule has 0 aromatic rings. The molecule has 0 rings (SSSR count). The minimum atomic E-state index is -1.18. The zero-order chi connectivity index (χ0) is 14.3. The number of carbonyl (C=O) groups excluding carboxylic acids is 1. The molecule has 0 fully saturated rings. The SMILES string of the molecule is C=C(C)CN(CC)C(=O)NC(CC)(CC)C(=O)O. The Kier molecular flexibility index (Phi) is 6.44. The maximum absolute atomic E-state index is 12.1. The van der Waals surface area contributed by atoms with Gasteiger partial charge in [-0.2, -0.15) is 0 Å². The second-order valence-corrected chi connectivity index (χ2v) is 4.50. The van der Waals surface area contributed by atoms with Crippen LogP contribution >= 0.6 is 0 Å². The fourth-order valence-corrected chi connectivity index (χ4v) is 1.72. The van der Waals surface area contributed by atoms with Crippen LogP contribution in [0, 0.1) is 0 Å². The summed E-state index contributed by atoms with van der Waals surface area (Å²) in [6, 6.07) is -0.355. The molecule has 0 aromatic carbocycles. The molecule has 0 aliphatic heterocycles. The average Bonchev–Trinajstić information content (AvgIpc) is 2.32. The molecule has 0 bridgehead atoms. The van der Waals surface area contributed by atoms with Gasteiger partial charge in [-0.3, -0.25) is 0 Å². The lowest BCUT2D eigenvalue weighted by atomic mass is 9.93. The highest BCUT2D eigenvalue weighted by Gasteiger charge is 2.37. The van der Waals surface area contributed by atoms with Gasteiger partial charge in [-0.15, -0.1) is 0 Å². The zero-order valence-electron chi connectivity index (χ0n) is 11.7. The van der Waals surface area contributed by atoms with Crippen molar-refractivity contribution in [3.8, 4) is 0 Å². The summed E-state index contributed by atoms with van der Waals surface area (Å²) in [6.07, 6.45) is 0.713.